The standard InChI is InChI=1S/C13H13F3N2O/c14-13(15,16)19-12-3-1-11(2-4-12)18-7-9-5-17-6-10(9)8-18/h1-4,17H,5-8H2. The molecule has 0 saturated heterocycles. The van der Waals surface area contributed by atoms with E-state index in [0.29, 0.717) is 0 Å². The molecule has 0 atom stereocenters. The van der Waals surface area contributed by atoms with E-state index < -0.39 is 6.36 Å². The van der Waals surface area contributed by atoms with E-state index in [0.717, 1.165) is 31.9 Å². The fraction of sp³-hybridized carbons (Fsp3) is 0.385. The summed E-state index contributed by atoms with van der Waals surface area (Å²) in [6.45, 7) is 3.53. The zero-order valence-electron chi connectivity index (χ0n) is 10.1. The van der Waals surface area contributed by atoms with Crippen LogP contribution in [0.15, 0.2) is 35.4 Å². The van der Waals surface area contributed by atoms with E-state index >= 15 is 0 Å². The number of rotatable bonds is 2. The zero-order chi connectivity index (χ0) is 13.5. The molecule has 0 fully saturated rings. The van der Waals surface area contributed by atoms with Crippen LogP contribution in [0.25, 0.3) is 0 Å². The van der Waals surface area contributed by atoms with Gasteiger partial charge in [-0.15, -0.1) is 13.2 Å². The topological polar surface area (TPSA) is 24.5 Å². The van der Waals surface area contributed by atoms with Crippen molar-refractivity contribution in [1.29, 1.82) is 0 Å². The van der Waals surface area contributed by atoms with Crippen LogP contribution in [0.3, 0.4) is 0 Å². The molecule has 2 aliphatic rings. The number of hydrogen-bond donors (Lipinski definition) is 1. The summed E-state index contributed by atoms with van der Waals surface area (Å²) in [5.41, 5.74) is 3.72. The smallest absolute Gasteiger partial charge is 0.406 e. The van der Waals surface area contributed by atoms with Gasteiger partial charge in [0.2, 0.25) is 0 Å². The van der Waals surface area contributed by atoms with E-state index in [4.69, 9.17) is 0 Å². The minimum Gasteiger partial charge on any atom is -0.406 e. The molecule has 102 valence electrons. The molecule has 0 radical (unpaired) electrons. The normalized spacial score (nSPS) is 19.0. The van der Waals surface area contributed by atoms with Gasteiger partial charge in [0.25, 0.3) is 0 Å². The average Bonchev–Trinajstić information content (AvgIpc) is 2.87. The molecular weight excluding hydrogens is 257 g/mol. The molecule has 0 amide bonds. The molecule has 3 rings (SSSR count). The Labute approximate surface area is 108 Å². The van der Waals surface area contributed by atoms with Crippen molar-refractivity contribution in [2.24, 2.45) is 0 Å². The molecular formula is C13H13F3N2O. The molecule has 1 aromatic rings. The van der Waals surface area contributed by atoms with E-state index in [1.165, 1.54) is 23.3 Å². The van der Waals surface area contributed by atoms with Crippen molar-refractivity contribution in [2.45, 2.75) is 6.36 Å². The maximum absolute atomic E-state index is 12.1. The Bertz CT molecular complexity index is 492. The number of nitrogens with one attached hydrogen (secondary N) is 1. The van der Waals surface area contributed by atoms with Gasteiger partial charge in [-0.2, -0.15) is 0 Å². The van der Waals surface area contributed by atoms with Crippen LogP contribution in [0.4, 0.5) is 18.9 Å². The van der Waals surface area contributed by atoms with Crippen molar-refractivity contribution in [3.8, 4) is 5.75 Å². The van der Waals surface area contributed by atoms with E-state index in [-0.39, 0.29) is 5.75 Å². The van der Waals surface area contributed by atoms with Gasteiger partial charge in [0.1, 0.15) is 5.75 Å². The van der Waals surface area contributed by atoms with Crippen LogP contribution in [-0.2, 0) is 0 Å². The molecule has 1 aromatic carbocycles. The van der Waals surface area contributed by atoms with E-state index in [1.54, 1.807) is 12.1 Å². The molecule has 0 bridgehead atoms. The molecule has 2 heterocycles. The first-order valence-corrected chi connectivity index (χ1v) is 6.02. The van der Waals surface area contributed by atoms with Crippen LogP contribution in [0.1, 0.15) is 0 Å². The number of benzene rings is 1. The van der Waals surface area contributed by atoms with Crippen LogP contribution >= 0.6 is 0 Å². The average molecular weight is 270 g/mol. The summed E-state index contributed by atoms with van der Waals surface area (Å²) in [6, 6.07) is 6.03. The fourth-order valence-corrected chi connectivity index (χ4v) is 2.51. The fourth-order valence-electron chi connectivity index (χ4n) is 2.51. The molecule has 0 unspecified atom stereocenters. The van der Waals surface area contributed by atoms with Crippen LogP contribution in [-0.4, -0.2) is 32.5 Å². The maximum atomic E-state index is 12.1. The van der Waals surface area contributed by atoms with Crippen molar-refractivity contribution in [3.63, 3.8) is 0 Å². The molecule has 0 saturated carbocycles. The monoisotopic (exact) mass is 270 g/mol. The highest BCUT2D eigenvalue weighted by Crippen LogP contribution is 2.29. The number of ether oxygens (including phenoxy) is 1. The first-order valence-electron chi connectivity index (χ1n) is 6.02. The van der Waals surface area contributed by atoms with Gasteiger partial charge in [0.15, 0.2) is 0 Å². The number of anilines is 1. The second-order valence-corrected chi connectivity index (χ2v) is 4.71. The van der Waals surface area contributed by atoms with Gasteiger partial charge >= 0.3 is 6.36 Å². The van der Waals surface area contributed by atoms with E-state index in [1.807, 2.05) is 0 Å². The summed E-state index contributed by atoms with van der Waals surface area (Å²) in [7, 11) is 0. The summed E-state index contributed by atoms with van der Waals surface area (Å²) < 4.78 is 40.0. The molecule has 0 spiro atoms. The summed E-state index contributed by atoms with van der Waals surface area (Å²) >= 11 is 0. The predicted octanol–water partition coefficient (Wildman–Crippen LogP) is 2.30. The largest absolute Gasteiger partial charge is 0.573 e. The predicted molar refractivity (Wildman–Crippen MR) is 65.2 cm³/mol. The highest BCUT2D eigenvalue weighted by atomic mass is 19.4. The lowest BCUT2D eigenvalue weighted by Gasteiger charge is -2.21. The second kappa shape index (κ2) is 4.45. The summed E-state index contributed by atoms with van der Waals surface area (Å²) in [5, 5.41) is 3.29. The molecule has 2 aliphatic heterocycles. The third-order valence-electron chi connectivity index (χ3n) is 3.38. The van der Waals surface area contributed by atoms with Gasteiger partial charge in [-0.1, -0.05) is 0 Å². The molecule has 19 heavy (non-hydrogen) atoms. The summed E-state index contributed by atoms with van der Waals surface area (Å²) in [5.74, 6) is -0.183. The van der Waals surface area contributed by atoms with Crippen molar-refractivity contribution in [2.75, 3.05) is 31.1 Å². The SMILES string of the molecule is FC(F)(F)Oc1ccc(N2CC3=C(CNC3)C2)cc1. The van der Waals surface area contributed by atoms with E-state index in [9.17, 15) is 13.2 Å². The van der Waals surface area contributed by atoms with Gasteiger partial charge in [-0.25, -0.2) is 0 Å². The maximum Gasteiger partial charge on any atom is 0.573 e. The molecule has 0 aliphatic carbocycles. The molecule has 3 nitrogen and oxygen atoms in total. The molecule has 0 aromatic heterocycles. The molecule has 1 N–H and O–H groups in total. The van der Waals surface area contributed by atoms with Crippen LogP contribution in [0, 0.1) is 0 Å². The van der Waals surface area contributed by atoms with E-state index in [2.05, 4.69) is 15.0 Å². The number of alkyl halides is 3. The Morgan fingerprint density at radius 1 is 1.00 bits per heavy atom. The summed E-state index contributed by atoms with van der Waals surface area (Å²) in [6.07, 6.45) is -4.64. The lowest BCUT2D eigenvalue weighted by atomic mass is 10.2. The summed E-state index contributed by atoms with van der Waals surface area (Å²) in [4.78, 5) is 2.16. The van der Waals surface area contributed by atoms with Crippen molar-refractivity contribution in [3.05, 3.63) is 35.4 Å². The highest BCUT2D eigenvalue weighted by Gasteiger charge is 2.31. The van der Waals surface area contributed by atoms with Gasteiger partial charge in [-0.3, -0.25) is 0 Å². The number of hydrogen-bond acceptors (Lipinski definition) is 3. The highest BCUT2D eigenvalue weighted by molar-refractivity contribution is 5.55. The third kappa shape index (κ3) is 2.68. The lowest BCUT2D eigenvalue weighted by molar-refractivity contribution is -0.274. The zero-order valence-corrected chi connectivity index (χ0v) is 10.1. The van der Waals surface area contributed by atoms with Crippen LogP contribution < -0.4 is 15.0 Å². The van der Waals surface area contributed by atoms with Crippen molar-refractivity contribution >= 4 is 5.69 Å². The van der Waals surface area contributed by atoms with Gasteiger partial charge in [-0.05, 0) is 35.4 Å². The Hall–Kier alpha value is -1.69. The quantitative estimate of drug-likeness (QED) is 0.835. The van der Waals surface area contributed by atoms with Gasteiger partial charge in [0, 0.05) is 31.9 Å². The minimum absolute atomic E-state index is 0.183. The first-order chi connectivity index (χ1) is 9.01. The Morgan fingerprint density at radius 2 is 1.58 bits per heavy atom. The van der Waals surface area contributed by atoms with Crippen molar-refractivity contribution in [1.82, 2.24) is 5.32 Å². The number of nitrogens with zero attached hydrogens (tertiary/aromatic N) is 1. The minimum atomic E-state index is -4.64. The Balaban J connectivity index is 1.67. The number of halogens is 3. The molecule has 6 heteroatoms. The Morgan fingerprint density at radius 3 is 2.11 bits per heavy atom. The third-order valence-corrected chi connectivity index (χ3v) is 3.38. The first kappa shape index (κ1) is 12.3. The second-order valence-electron chi connectivity index (χ2n) is 4.71. The van der Waals surface area contributed by atoms with Gasteiger partial charge < -0.3 is 15.0 Å². The lowest BCUT2D eigenvalue weighted by Crippen LogP contribution is -2.26. The van der Waals surface area contributed by atoms with Crippen LogP contribution in [0.5, 0.6) is 5.75 Å². The Kier molecular flexibility index (Phi) is 2.89. The van der Waals surface area contributed by atoms with Gasteiger partial charge in [0.05, 0.1) is 0 Å². The van der Waals surface area contributed by atoms with Crippen molar-refractivity contribution < 1.29 is 17.9 Å². The van der Waals surface area contributed by atoms with Crippen LogP contribution in [0.2, 0.25) is 0 Å².